The molecule has 126 valence electrons. The Bertz CT molecular complexity index is 881. The molecule has 0 saturated carbocycles. The fourth-order valence-electron chi connectivity index (χ4n) is 3.24. The van der Waals surface area contributed by atoms with Crippen molar-refractivity contribution in [3.8, 4) is 0 Å². The summed E-state index contributed by atoms with van der Waals surface area (Å²) in [5.74, 6) is -1.28. The topological polar surface area (TPSA) is 65.3 Å². The summed E-state index contributed by atoms with van der Waals surface area (Å²) >= 11 is 0. The van der Waals surface area contributed by atoms with Gasteiger partial charge in [0.15, 0.2) is 12.1 Å². The lowest BCUT2D eigenvalue weighted by Gasteiger charge is -2.22. The number of rotatable bonds is 3. The van der Waals surface area contributed by atoms with Gasteiger partial charge in [-0.15, -0.1) is 0 Å². The zero-order valence-corrected chi connectivity index (χ0v) is 13.5. The van der Waals surface area contributed by atoms with Gasteiger partial charge in [-0.1, -0.05) is 30.3 Å². The molecule has 0 aliphatic carbocycles. The minimum atomic E-state index is -0.873. The summed E-state index contributed by atoms with van der Waals surface area (Å²) in [6, 6.07) is 11.2. The van der Waals surface area contributed by atoms with Crippen molar-refractivity contribution in [3.63, 3.8) is 0 Å². The first-order valence-corrected chi connectivity index (χ1v) is 8.03. The second-order valence-electron chi connectivity index (χ2n) is 5.91. The average molecular weight is 338 g/mol. The van der Waals surface area contributed by atoms with Crippen LogP contribution in [-0.2, 0) is 16.0 Å². The fourth-order valence-corrected chi connectivity index (χ4v) is 3.24. The van der Waals surface area contributed by atoms with Crippen molar-refractivity contribution in [2.24, 2.45) is 10.3 Å². The summed E-state index contributed by atoms with van der Waals surface area (Å²) < 4.78 is 13.1. The van der Waals surface area contributed by atoms with E-state index in [1.165, 1.54) is 29.3 Å². The van der Waals surface area contributed by atoms with Crippen LogP contribution in [0.4, 0.5) is 15.8 Å². The highest BCUT2D eigenvalue weighted by atomic mass is 19.1. The van der Waals surface area contributed by atoms with E-state index in [-0.39, 0.29) is 0 Å². The maximum Gasteiger partial charge on any atom is 0.263 e. The van der Waals surface area contributed by atoms with Crippen LogP contribution in [0.1, 0.15) is 12.5 Å². The van der Waals surface area contributed by atoms with Crippen LogP contribution in [0.2, 0.25) is 0 Å². The fraction of sp³-hybridized carbons (Fsp3) is 0.222. The molecule has 2 heterocycles. The molecule has 4 rings (SSSR count). The van der Waals surface area contributed by atoms with E-state index in [1.807, 2.05) is 31.2 Å². The van der Waals surface area contributed by atoms with Crippen LogP contribution >= 0.6 is 0 Å². The number of halogens is 1. The van der Waals surface area contributed by atoms with Crippen LogP contribution < -0.4 is 9.91 Å². The van der Waals surface area contributed by atoms with Crippen molar-refractivity contribution in [2.45, 2.75) is 25.4 Å². The summed E-state index contributed by atoms with van der Waals surface area (Å²) in [7, 11) is 0. The molecule has 2 aromatic rings. The zero-order chi connectivity index (χ0) is 17.6. The van der Waals surface area contributed by atoms with Crippen LogP contribution in [0.5, 0.6) is 0 Å². The molecule has 2 aliphatic heterocycles. The highest BCUT2D eigenvalue weighted by Crippen LogP contribution is 2.36. The first kappa shape index (κ1) is 15.4. The Balaban J connectivity index is 1.72. The van der Waals surface area contributed by atoms with E-state index in [9.17, 15) is 14.0 Å². The van der Waals surface area contributed by atoms with Gasteiger partial charge in [-0.05, 0) is 42.3 Å². The van der Waals surface area contributed by atoms with Gasteiger partial charge in [0, 0.05) is 0 Å². The summed E-state index contributed by atoms with van der Waals surface area (Å²) in [4.78, 5) is 26.6. The number of hydrogen-bond acceptors (Lipinski definition) is 5. The Morgan fingerprint density at radius 2 is 1.76 bits per heavy atom. The second-order valence-corrected chi connectivity index (χ2v) is 5.91. The molecule has 2 aliphatic rings. The summed E-state index contributed by atoms with van der Waals surface area (Å²) in [6.07, 6.45) is 0.767. The standard InChI is InChI=1S/C18H15FN4O2/c1-2-11-5-3-4-6-14(11)23-16-15(20-21-23)17(24)22(18(16)25)13-9-7-12(19)8-10-13/h3-10,15-16H,2H2,1H3. The number of benzene rings is 2. The Kier molecular flexibility index (Phi) is 3.56. The minimum absolute atomic E-state index is 0.338. The molecule has 2 amide bonds. The van der Waals surface area contributed by atoms with Crippen molar-refractivity contribution >= 4 is 23.2 Å². The van der Waals surface area contributed by atoms with Crippen LogP contribution in [0.25, 0.3) is 0 Å². The van der Waals surface area contributed by atoms with E-state index >= 15 is 0 Å². The van der Waals surface area contributed by atoms with Crippen molar-refractivity contribution in [1.82, 2.24) is 0 Å². The van der Waals surface area contributed by atoms with Crippen molar-refractivity contribution in [3.05, 3.63) is 59.9 Å². The maximum atomic E-state index is 13.1. The number of hydrogen-bond donors (Lipinski definition) is 0. The van der Waals surface area contributed by atoms with Crippen LogP contribution in [-0.4, -0.2) is 23.9 Å². The monoisotopic (exact) mass is 338 g/mol. The SMILES string of the molecule is CCc1ccccc1N1N=NC2C(=O)N(c3ccc(F)cc3)C(=O)C21. The van der Waals surface area contributed by atoms with Gasteiger partial charge in [0.25, 0.3) is 11.8 Å². The number of imide groups is 1. The summed E-state index contributed by atoms with van der Waals surface area (Å²) in [5.41, 5.74) is 2.12. The Morgan fingerprint density at radius 3 is 2.48 bits per heavy atom. The molecule has 2 atom stereocenters. The Hall–Kier alpha value is -3.09. The van der Waals surface area contributed by atoms with Gasteiger partial charge >= 0.3 is 0 Å². The number of fused-ring (bicyclic) bond motifs is 1. The van der Waals surface area contributed by atoms with Crippen LogP contribution in [0.3, 0.4) is 0 Å². The first-order valence-electron chi connectivity index (χ1n) is 8.03. The number of anilines is 2. The third kappa shape index (κ3) is 2.31. The van der Waals surface area contributed by atoms with Gasteiger partial charge in [-0.3, -0.25) is 9.59 Å². The minimum Gasteiger partial charge on any atom is -0.271 e. The van der Waals surface area contributed by atoms with E-state index in [1.54, 1.807) is 0 Å². The van der Waals surface area contributed by atoms with Gasteiger partial charge in [0.1, 0.15) is 5.82 Å². The third-order valence-electron chi connectivity index (χ3n) is 4.49. The second kappa shape index (κ2) is 5.77. The third-order valence-corrected chi connectivity index (χ3v) is 4.49. The van der Waals surface area contributed by atoms with Gasteiger partial charge in [-0.25, -0.2) is 14.3 Å². The molecule has 7 heteroatoms. The van der Waals surface area contributed by atoms with E-state index in [0.717, 1.165) is 22.6 Å². The van der Waals surface area contributed by atoms with Gasteiger partial charge in [-0.2, -0.15) is 5.11 Å². The maximum absolute atomic E-state index is 13.1. The average Bonchev–Trinajstić information content (AvgIpc) is 3.17. The molecular weight excluding hydrogens is 323 g/mol. The molecular formula is C18H15FN4O2. The summed E-state index contributed by atoms with van der Waals surface area (Å²) in [6.45, 7) is 2.01. The molecule has 2 aromatic carbocycles. The molecule has 1 saturated heterocycles. The molecule has 0 spiro atoms. The number of amides is 2. The molecule has 0 radical (unpaired) electrons. The zero-order valence-electron chi connectivity index (χ0n) is 13.5. The molecule has 0 bridgehead atoms. The quantitative estimate of drug-likeness (QED) is 0.808. The Morgan fingerprint density at radius 1 is 1.04 bits per heavy atom. The molecule has 6 nitrogen and oxygen atoms in total. The van der Waals surface area contributed by atoms with E-state index in [0.29, 0.717) is 5.69 Å². The van der Waals surface area contributed by atoms with Crippen molar-refractivity contribution in [1.29, 1.82) is 0 Å². The number of nitrogens with zero attached hydrogens (tertiary/aromatic N) is 4. The number of aryl methyl sites for hydroxylation is 1. The largest absolute Gasteiger partial charge is 0.271 e. The van der Waals surface area contributed by atoms with Crippen LogP contribution in [0, 0.1) is 5.82 Å². The van der Waals surface area contributed by atoms with Crippen LogP contribution in [0.15, 0.2) is 58.9 Å². The van der Waals surface area contributed by atoms with E-state index in [2.05, 4.69) is 10.3 Å². The molecule has 1 fully saturated rings. The van der Waals surface area contributed by atoms with Crippen molar-refractivity contribution < 1.29 is 14.0 Å². The lowest BCUT2D eigenvalue weighted by atomic mass is 10.1. The molecule has 25 heavy (non-hydrogen) atoms. The van der Waals surface area contributed by atoms with Gasteiger partial charge in [0.2, 0.25) is 0 Å². The first-order chi connectivity index (χ1) is 12.1. The number of para-hydroxylation sites is 1. The lowest BCUT2D eigenvalue weighted by molar-refractivity contribution is -0.121. The number of carbonyl (C=O) groups excluding carboxylic acids is 2. The van der Waals surface area contributed by atoms with Gasteiger partial charge in [0.05, 0.1) is 11.4 Å². The van der Waals surface area contributed by atoms with Gasteiger partial charge < -0.3 is 0 Å². The summed E-state index contributed by atoms with van der Waals surface area (Å²) in [5, 5.41) is 9.61. The normalized spacial score (nSPS) is 22.0. The Labute approximate surface area is 143 Å². The smallest absolute Gasteiger partial charge is 0.263 e. The highest BCUT2D eigenvalue weighted by Gasteiger charge is 2.55. The predicted molar refractivity (Wildman–Crippen MR) is 89.6 cm³/mol. The van der Waals surface area contributed by atoms with Crippen molar-refractivity contribution in [2.75, 3.05) is 9.91 Å². The molecule has 0 N–H and O–H groups in total. The number of carbonyl (C=O) groups is 2. The molecule has 0 aromatic heterocycles. The highest BCUT2D eigenvalue weighted by molar-refractivity contribution is 6.26. The molecule has 2 unspecified atom stereocenters. The lowest BCUT2D eigenvalue weighted by Crippen LogP contribution is -2.40. The van der Waals surface area contributed by atoms with E-state index in [4.69, 9.17) is 0 Å². The van der Waals surface area contributed by atoms with E-state index < -0.39 is 29.7 Å². The predicted octanol–water partition coefficient (Wildman–Crippen LogP) is 2.89.